The molecule has 138 valence electrons. The van der Waals surface area contributed by atoms with Crippen LogP contribution in [0.5, 0.6) is 0 Å². The van der Waals surface area contributed by atoms with E-state index in [0.29, 0.717) is 0 Å². The van der Waals surface area contributed by atoms with Crippen molar-refractivity contribution in [2.24, 2.45) is 0 Å². The molecule has 1 heterocycles. The third-order valence-corrected chi connectivity index (χ3v) is 5.24. The Kier molecular flexibility index (Phi) is 5.61. The summed E-state index contributed by atoms with van der Waals surface area (Å²) in [6.07, 6.45) is 4.14. The van der Waals surface area contributed by atoms with E-state index in [1.807, 2.05) is 51.1 Å². The summed E-state index contributed by atoms with van der Waals surface area (Å²) >= 11 is 0. The van der Waals surface area contributed by atoms with Gasteiger partial charge in [-0.15, -0.1) is 0 Å². The van der Waals surface area contributed by atoms with Gasteiger partial charge in [0.15, 0.2) is 0 Å². The Balaban J connectivity index is 1.82. The summed E-state index contributed by atoms with van der Waals surface area (Å²) in [5.41, 5.74) is 6.12. The molecule has 1 fully saturated rings. The van der Waals surface area contributed by atoms with Crippen molar-refractivity contribution < 1.29 is 4.79 Å². The summed E-state index contributed by atoms with van der Waals surface area (Å²) in [5, 5.41) is 12.4. The Morgan fingerprint density at radius 2 is 1.85 bits per heavy atom. The average Bonchev–Trinajstić information content (AvgIpc) is 3.19. The quantitative estimate of drug-likeness (QED) is 0.633. The standard InChI is InChI=1S/C23H25N3O/c1-16-7-6-8-22(18(16)3)25-23(27)20(15-24)14-19-9-10-21(13-17(19)2)26-11-4-5-12-26/h6-10,13-14H,4-5,11-12H2,1-3H3,(H,25,27)/b20-14+. The molecule has 2 aromatic rings. The van der Waals surface area contributed by atoms with Crippen molar-refractivity contribution in [1.82, 2.24) is 0 Å². The Morgan fingerprint density at radius 3 is 2.52 bits per heavy atom. The van der Waals surface area contributed by atoms with E-state index >= 15 is 0 Å². The van der Waals surface area contributed by atoms with Crippen LogP contribution in [0.25, 0.3) is 6.08 Å². The summed E-state index contributed by atoms with van der Waals surface area (Å²) in [7, 11) is 0. The number of amides is 1. The Labute approximate surface area is 161 Å². The molecule has 4 nitrogen and oxygen atoms in total. The Bertz CT molecular complexity index is 931. The smallest absolute Gasteiger partial charge is 0.266 e. The van der Waals surface area contributed by atoms with E-state index in [4.69, 9.17) is 0 Å². The normalized spacial score (nSPS) is 14.1. The molecule has 0 atom stereocenters. The summed E-state index contributed by atoms with van der Waals surface area (Å²) in [4.78, 5) is 15.0. The first kappa shape index (κ1) is 18.7. The lowest BCUT2D eigenvalue weighted by Crippen LogP contribution is -2.17. The minimum absolute atomic E-state index is 0.105. The van der Waals surface area contributed by atoms with Crippen molar-refractivity contribution in [2.75, 3.05) is 23.3 Å². The monoisotopic (exact) mass is 359 g/mol. The molecule has 0 unspecified atom stereocenters. The third-order valence-electron chi connectivity index (χ3n) is 5.24. The summed E-state index contributed by atoms with van der Waals surface area (Å²) in [5.74, 6) is -0.380. The number of nitrogens with zero attached hydrogens (tertiary/aromatic N) is 2. The number of anilines is 2. The van der Waals surface area contributed by atoms with Crippen LogP contribution in [0.2, 0.25) is 0 Å². The molecule has 1 aliphatic heterocycles. The number of benzene rings is 2. The van der Waals surface area contributed by atoms with Crippen molar-refractivity contribution in [2.45, 2.75) is 33.6 Å². The van der Waals surface area contributed by atoms with Gasteiger partial charge in [0.05, 0.1) is 0 Å². The highest BCUT2D eigenvalue weighted by Gasteiger charge is 2.14. The molecular formula is C23H25N3O. The first-order chi connectivity index (χ1) is 13.0. The zero-order chi connectivity index (χ0) is 19.4. The first-order valence-electron chi connectivity index (χ1n) is 9.34. The maximum absolute atomic E-state index is 12.6. The largest absolute Gasteiger partial charge is 0.372 e. The molecule has 0 bridgehead atoms. The van der Waals surface area contributed by atoms with Gasteiger partial charge < -0.3 is 10.2 Å². The van der Waals surface area contributed by atoms with E-state index in [1.165, 1.54) is 18.5 Å². The summed E-state index contributed by atoms with van der Waals surface area (Å²) in [6, 6.07) is 14.0. The fourth-order valence-electron chi connectivity index (χ4n) is 3.37. The second-order valence-corrected chi connectivity index (χ2v) is 7.11. The van der Waals surface area contributed by atoms with Gasteiger partial charge in [-0.25, -0.2) is 0 Å². The van der Waals surface area contributed by atoms with Gasteiger partial charge in [-0.1, -0.05) is 18.2 Å². The van der Waals surface area contributed by atoms with Crippen LogP contribution in [0.15, 0.2) is 42.0 Å². The van der Waals surface area contributed by atoms with Gasteiger partial charge in [0.2, 0.25) is 0 Å². The van der Waals surface area contributed by atoms with Crippen molar-refractivity contribution in [3.8, 4) is 6.07 Å². The molecule has 0 aliphatic carbocycles. The lowest BCUT2D eigenvalue weighted by atomic mass is 10.0. The molecule has 0 radical (unpaired) electrons. The number of nitrogens with one attached hydrogen (secondary N) is 1. The lowest BCUT2D eigenvalue weighted by Gasteiger charge is -2.18. The molecule has 27 heavy (non-hydrogen) atoms. The number of nitriles is 1. The maximum Gasteiger partial charge on any atom is 0.266 e. The van der Waals surface area contributed by atoms with Gasteiger partial charge in [-0.3, -0.25) is 4.79 Å². The summed E-state index contributed by atoms with van der Waals surface area (Å²) < 4.78 is 0. The number of hydrogen-bond donors (Lipinski definition) is 1. The van der Waals surface area contributed by atoms with Gasteiger partial charge in [0, 0.05) is 24.5 Å². The zero-order valence-corrected chi connectivity index (χ0v) is 16.2. The van der Waals surface area contributed by atoms with Crippen molar-refractivity contribution in [1.29, 1.82) is 5.26 Å². The molecule has 1 N–H and O–H groups in total. The van der Waals surface area contributed by atoms with Gasteiger partial charge in [-0.05, 0) is 80.1 Å². The van der Waals surface area contributed by atoms with E-state index in [1.54, 1.807) is 6.08 Å². The molecule has 3 rings (SSSR count). The number of carbonyl (C=O) groups excluding carboxylic acids is 1. The van der Waals surface area contributed by atoms with Crippen molar-refractivity contribution in [3.63, 3.8) is 0 Å². The highest BCUT2D eigenvalue weighted by molar-refractivity contribution is 6.10. The number of aryl methyl sites for hydroxylation is 2. The van der Waals surface area contributed by atoms with Crippen LogP contribution in [0.3, 0.4) is 0 Å². The van der Waals surface area contributed by atoms with Crippen molar-refractivity contribution >= 4 is 23.4 Å². The molecule has 4 heteroatoms. The topological polar surface area (TPSA) is 56.1 Å². The predicted molar refractivity (Wildman–Crippen MR) is 111 cm³/mol. The van der Waals surface area contributed by atoms with Crippen LogP contribution >= 0.6 is 0 Å². The van der Waals surface area contributed by atoms with Gasteiger partial charge in [0.25, 0.3) is 5.91 Å². The fourth-order valence-corrected chi connectivity index (χ4v) is 3.37. The van der Waals surface area contributed by atoms with E-state index in [-0.39, 0.29) is 11.5 Å². The molecular weight excluding hydrogens is 334 g/mol. The SMILES string of the molecule is Cc1cc(N2CCCC2)ccc1/C=C(\C#N)C(=O)Nc1cccc(C)c1C. The van der Waals surface area contributed by atoms with Crippen LogP contribution in [0.1, 0.15) is 35.1 Å². The third kappa shape index (κ3) is 4.20. The number of hydrogen-bond acceptors (Lipinski definition) is 3. The van der Waals surface area contributed by atoms with Crippen LogP contribution in [0, 0.1) is 32.1 Å². The van der Waals surface area contributed by atoms with Crippen LogP contribution < -0.4 is 10.2 Å². The molecule has 1 amide bonds. The first-order valence-corrected chi connectivity index (χ1v) is 9.34. The molecule has 0 spiro atoms. The lowest BCUT2D eigenvalue weighted by molar-refractivity contribution is -0.112. The number of rotatable bonds is 4. The second-order valence-electron chi connectivity index (χ2n) is 7.11. The molecule has 1 aliphatic rings. The van der Waals surface area contributed by atoms with E-state index in [9.17, 15) is 10.1 Å². The molecule has 0 aromatic heterocycles. The maximum atomic E-state index is 12.6. The zero-order valence-electron chi connectivity index (χ0n) is 16.2. The van der Waals surface area contributed by atoms with Crippen LogP contribution in [-0.2, 0) is 4.79 Å². The minimum Gasteiger partial charge on any atom is -0.372 e. The fraction of sp³-hybridized carbons (Fsp3) is 0.304. The van der Waals surface area contributed by atoms with Crippen LogP contribution in [0.4, 0.5) is 11.4 Å². The van der Waals surface area contributed by atoms with E-state index in [0.717, 1.165) is 41.0 Å². The Morgan fingerprint density at radius 1 is 1.11 bits per heavy atom. The number of carbonyl (C=O) groups is 1. The summed E-state index contributed by atoms with van der Waals surface area (Å²) in [6.45, 7) is 8.16. The van der Waals surface area contributed by atoms with Crippen LogP contribution in [-0.4, -0.2) is 19.0 Å². The predicted octanol–water partition coefficient (Wildman–Crippen LogP) is 4.76. The highest BCUT2D eigenvalue weighted by Crippen LogP contribution is 2.25. The van der Waals surface area contributed by atoms with Gasteiger partial charge in [0.1, 0.15) is 11.6 Å². The van der Waals surface area contributed by atoms with Gasteiger partial charge >= 0.3 is 0 Å². The average molecular weight is 359 g/mol. The van der Waals surface area contributed by atoms with Gasteiger partial charge in [-0.2, -0.15) is 5.26 Å². The van der Waals surface area contributed by atoms with E-state index in [2.05, 4.69) is 22.3 Å². The molecule has 2 aromatic carbocycles. The van der Waals surface area contributed by atoms with Crippen molar-refractivity contribution in [3.05, 3.63) is 64.2 Å². The minimum atomic E-state index is -0.380. The molecule has 0 saturated carbocycles. The second kappa shape index (κ2) is 8.09. The molecule has 1 saturated heterocycles. The Hall–Kier alpha value is -3.06. The van der Waals surface area contributed by atoms with E-state index < -0.39 is 0 Å². The highest BCUT2D eigenvalue weighted by atomic mass is 16.1.